The standard InChI is InChI=1S/C22H16O6/c1-26-16-6-7-17-15(10-21(24)28-20(17)11-16)12-27-22(25)18-8-13-4-2-3-5-14(13)9-19(18)23/h2-11,23H,12H2,1H3. The van der Waals surface area contributed by atoms with Crippen molar-refractivity contribution < 1.29 is 23.8 Å². The fraction of sp³-hybridized carbons (Fsp3) is 0.0909. The molecule has 0 spiro atoms. The molecule has 4 aromatic rings. The fourth-order valence-corrected chi connectivity index (χ4v) is 3.07. The van der Waals surface area contributed by atoms with E-state index in [1.54, 1.807) is 24.3 Å². The summed E-state index contributed by atoms with van der Waals surface area (Å²) in [6.45, 7) is -0.139. The quantitative estimate of drug-likeness (QED) is 0.428. The van der Waals surface area contributed by atoms with Crippen LogP contribution < -0.4 is 10.4 Å². The smallest absolute Gasteiger partial charge is 0.342 e. The van der Waals surface area contributed by atoms with Gasteiger partial charge in [-0.25, -0.2) is 9.59 Å². The van der Waals surface area contributed by atoms with E-state index in [9.17, 15) is 14.7 Å². The van der Waals surface area contributed by atoms with Gasteiger partial charge in [0.05, 0.1) is 7.11 Å². The molecule has 0 aliphatic rings. The molecule has 6 heteroatoms. The van der Waals surface area contributed by atoms with Gasteiger partial charge in [-0.3, -0.25) is 0 Å². The van der Waals surface area contributed by atoms with E-state index in [0.29, 0.717) is 22.3 Å². The number of aromatic hydroxyl groups is 1. The molecule has 0 amide bonds. The van der Waals surface area contributed by atoms with Crippen LogP contribution in [0.5, 0.6) is 11.5 Å². The molecule has 0 fully saturated rings. The highest BCUT2D eigenvalue weighted by Gasteiger charge is 2.15. The van der Waals surface area contributed by atoms with Gasteiger partial charge in [0.25, 0.3) is 0 Å². The van der Waals surface area contributed by atoms with E-state index < -0.39 is 11.6 Å². The van der Waals surface area contributed by atoms with Gasteiger partial charge in [-0.1, -0.05) is 24.3 Å². The predicted molar refractivity (Wildman–Crippen MR) is 104 cm³/mol. The van der Waals surface area contributed by atoms with Crippen molar-refractivity contribution in [2.24, 2.45) is 0 Å². The molecule has 3 aromatic carbocycles. The number of phenolic OH excluding ortho intramolecular Hbond substituents is 1. The maximum absolute atomic E-state index is 12.5. The summed E-state index contributed by atoms with van der Waals surface area (Å²) in [6.07, 6.45) is 0. The molecule has 0 aliphatic carbocycles. The van der Waals surface area contributed by atoms with Crippen molar-refractivity contribution >= 4 is 27.7 Å². The minimum Gasteiger partial charge on any atom is -0.507 e. The Morgan fingerprint density at radius 2 is 1.79 bits per heavy atom. The lowest BCUT2D eigenvalue weighted by Crippen LogP contribution is -2.08. The SMILES string of the molecule is COc1ccc2c(COC(=O)c3cc4ccccc4cc3O)cc(=O)oc2c1. The van der Waals surface area contributed by atoms with Crippen LogP contribution in [-0.4, -0.2) is 18.2 Å². The van der Waals surface area contributed by atoms with Crippen LogP contribution in [0.3, 0.4) is 0 Å². The van der Waals surface area contributed by atoms with Crippen LogP contribution in [-0.2, 0) is 11.3 Å². The van der Waals surface area contributed by atoms with E-state index in [-0.39, 0.29) is 17.9 Å². The number of benzene rings is 3. The van der Waals surface area contributed by atoms with E-state index in [0.717, 1.165) is 10.8 Å². The number of hydrogen-bond acceptors (Lipinski definition) is 6. The van der Waals surface area contributed by atoms with Crippen LogP contribution in [0.25, 0.3) is 21.7 Å². The number of fused-ring (bicyclic) bond motifs is 2. The first-order valence-electron chi connectivity index (χ1n) is 8.55. The van der Waals surface area contributed by atoms with Gasteiger partial charge in [0, 0.05) is 23.1 Å². The lowest BCUT2D eigenvalue weighted by molar-refractivity contribution is 0.0470. The molecule has 1 heterocycles. The fourth-order valence-electron chi connectivity index (χ4n) is 3.07. The number of esters is 1. The Kier molecular flexibility index (Phi) is 4.45. The van der Waals surface area contributed by atoms with Crippen LogP contribution in [0.1, 0.15) is 15.9 Å². The lowest BCUT2D eigenvalue weighted by atomic mass is 10.1. The molecule has 6 nitrogen and oxygen atoms in total. The van der Waals surface area contributed by atoms with Crippen molar-refractivity contribution in [3.05, 3.63) is 82.2 Å². The Morgan fingerprint density at radius 1 is 1.04 bits per heavy atom. The molecular formula is C22H16O6. The molecule has 0 radical (unpaired) electrons. The summed E-state index contributed by atoms with van der Waals surface area (Å²) in [5.74, 6) is -0.296. The van der Waals surface area contributed by atoms with E-state index in [2.05, 4.69) is 0 Å². The summed E-state index contributed by atoms with van der Waals surface area (Å²) in [7, 11) is 1.51. The second-order valence-electron chi connectivity index (χ2n) is 6.25. The minimum atomic E-state index is -0.682. The molecule has 0 saturated carbocycles. The van der Waals surface area contributed by atoms with Gasteiger partial charge in [-0.2, -0.15) is 0 Å². The average Bonchev–Trinajstić information content (AvgIpc) is 2.70. The molecule has 1 N–H and O–H groups in total. The molecule has 0 bridgehead atoms. The van der Waals surface area contributed by atoms with E-state index in [4.69, 9.17) is 13.9 Å². The largest absolute Gasteiger partial charge is 0.507 e. The molecule has 1 aromatic heterocycles. The van der Waals surface area contributed by atoms with Crippen LogP contribution in [0.2, 0.25) is 0 Å². The van der Waals surface area contributed by atoms with Crippen LogP contribution in [0.4, 0.5) is 0 Å². The second kappa shape index (κ2) is 7.08. The van der Waals surface area contributed by atoms with Gasteiger partial charge in [0.1, 0.15) is 29.3 Å². The number of carbonyl (C=O) groups excluding carboxylic acids is 1. The number of methoxy groups -OCH3 is 1. The zero-order chi connectivity index (χ0) is 19.7. The number of ether oxygens (including phenoxy) is 2. The van der Waals surface area contributed by atoms with Crippen molar-refractivity contribution in [2.45, 2.75) is 6.61 Å². The lowest BCUT2D eigenvalue weighted by Gasteiger charge is -2.10. The average molecular weight is 376 g/mol. The Morgan fingerprint density at radius 3 is 2.54 bits per heavy atom. The summed E-state index contributed by atoms with van der Waals surface area (Å²) in [5.41, 5.74) is 0.349. The third kappa shape index (κ3) is 3.27. The van der Waals surface area contributed by atoms with Gasteiger partial charge in [-0.15, -0.1) is 0 Å². The second-order valence-corrected chi connectivity index (χ2v) is 6.25. The van der Waals surface area contributed by atoms with Gasteiger partial charge >= 0.3 is 11.6 Å². The topological polar surface area (TPSA) is 86.0 Å². The van der Waals surface area contributed by atoms with E-state index in [1.807, 2.05) is 24.3 Å². The van der Waals surface area contributed by atoms with Crippen molar-refractivity contribution in [1.29, 1.82) is 0 Å². The van der Waals surface area contributed by atoms with Crippen LogP contribution in [0.15, 0.2) is 69.9 Å². The molecule has 28 heavy (non-hydrogen) atoms. The van der Waals surface area contributed by atoms with Gasteiger partial charge < -0.3 is 19.0 Å². The molecule has 0 saturated heterocycles. The first kappa shape index (κ1) is 17.6. The highest BCUT2D eigenvalue weighted by atomic mass is 16.5. The summed E-state index contributed by atoms with van der Waals surface area (Å²) in [6, 6.07) is 16.8. The molecule has 0 atom stereocenters. The third-order valence-corrected chi connectivity index (χ3v) is 4.48. The maximum Gasteiger partial charge on any atom is 0.342 e. The molecular weight excluding hydrogens is 360 g/mol. The highest BCUT2D eigenvalue weighted by Crippen LogP contribution is 2.27. The summed E-state index contributed by atoms with van der Waals surface area (Å²) in [5, 5.41) is 12.4. The van der Waals surface area contributed by atoms with Crippen molar-refractivity contribution in [3.8, 4) is 11.5 Å². The normalized spacial score (nSPS) is 10.9. The molecule has 0 aliphatic heterocycles. The molecule has 140 valence electrons. The number of hydrogen-bond donors (Lipinski definition) is 1. The predicted octanol–water partition coefficient (Wildman–Crippen LogP) is 4.02. The van der Waals surface area contributed by atoms with Gasteiger partial charge in [0.2, 0.25) is 0 Å². The first-order valence-corrected chi connectivity index (χ1v) is 8.55. The Balaban J connectivity index is 1.63. The van der Waals surface area contributed by atoms with Crippen LogP contribution in [0, 0.1) is 0 Å². The molecule has 4 rings (SSSR count). The summed E-state index contributed by atoms with van der Waals surface area (Å²) in [4.78, 5) is 24.3. The number of rotatable bonds is 4. The third-order valence-electron chi connectivity index (χ3n) is 4.48. The van der Waals surface area contributed by atoms with Gasteiger partial charge in [-0.05, 0) is 35.0 Å². The Bertz CT molecular complexity index is 1260. The van der Waals surface area contributed by atoms with Crippen molar-refractivity contribution in [1.82, 2.24) is 0 Å². The molecule has 0 unspecified atom stereocenters. The summed E-state index contributed by atoms with van der Waals surface area (Å²) >= 11 is 0. The monoisotopic (exact) mass is 376 g/mol. The van der Waals surface area contributed by atoms with E-state index >= 15 is 0 Å². The first-order chi connectivity index (χ1) is 13.5. The highest BCUT2D eigenvalue weighted by molar-refractivity contribution is 5.98. The Labute approximate surface area is 159 Å². The summed E-state index contributed by atoms with van der Waals surface area (Å²) < 4.78 is 15.7. The van der Waals surface area contributed by atoms with Gasteiger partial charge in [0.15, 0.2) is 0 Å². The number of carbonyl (C=O) groups is 1. The minimum absolute atomic E-state index is 0.0626. The number of phenols is 1. The maximum atomic E-state index is 12.5. The zero-order valence-corrected chi connectivity index (χ0v) is 15.0. The van der Waals surface area contributed by atoms with E-state index in [1.165, 1.54) is 19.2 Å². The van der Waals surface area contributed by atoms with Crippen molar-refractivity contribution in [3.63, 3.8) is 0 Å². The van der Waals surface area contributed by atoms with Crippen LogP contribution >= 0.6 is 0 Å². The van der Waals surface area contributed by atoms with Crippen molar-refractivity contribution in [2.75, 3.05) is 7.11 Å². The zero-order valence-electron chi connectivity index (χ0n) is 15.0. The Hall–Kier alpha value is -3.80.